The third-order valence-electron chi connectivity index (χ3n) is 2.49. The van der Waals surface area contributed by atoms with Crippen LogP contribution in [0.15, 0.2) is 18.2 Å². The van der Waals surface area contributed by atoms with Crippen molar-refractivity contribution in [1.82, 2.24) is 5.32 Å². The van der Waals surface area contributed by atoms with Gasteiger partial charge in [0.15, 0.2) is 0 Å². The quantitative estimate of drug-likeness (QED) is 0.750. The molecule has 2 rings (SSSR count). The molecule has 5 heteroatoms. The van der Waals surface area contributed by atoms with Crippen LogP contribution in [0.5, 0.6) is 0 Å². The number of rotatable bonds is 1. The lowest BCUT2D eigenvalue weighted by Gasteiger charge is -2.10. The Morgan fingerprint density at radius 3 is 2.94 bits per heavy atom. The summed E-state index contributed by atoms with van der Waals surface area (Å²) in [7, 11) is 1.26. The molecule has 2 N–H and O–H groups in total. The Morgan fingerprint density at radius 1 is 1.50 bits per heavy atom. The summed E-state index contributed by atoms with van der Waals surface area (Å²) in [5.74, 6) is -0.244. The molecule has 2 amide bonds. The van der Waals surface area contributed by atoms with Crippen LogP contribution in [0.3, 0.4) is 0 Å². The maximum absolute atomic E-state index is 11.6. The molecule has 0 radical (unpaired) electrons. The molecule has 1 heterocycles. The molecule has 1 aromatic carbocycles. The van der Waals surface area contributed by atoms with Gasteiger partial charge in [-0.15, -0.1) is 0 Å². The van der Waals surface area contributed by atoms with Gasteiger partial charge in [-0.05, 0) is 13.0 Å². The van der Waals surface area contributed by atoms with Crippen LogP contribution in [-0.2, 0) is 9.53 Å². The minimum Gasteiger partial charge on any atom is -0.453 e. The molecule has 5 nitrogen and oxygen atoms in total. The molecule has 0 saturated heterocycles. The third kappa shape index (κ3) is 1.71. The van der Waals surface area contributed by atoms with Crippen molar-refractivity contribution in [2.24, 2.45) is 0 Å². The zero-order chi connectivity index (χ0) is 11.7. The molecule has 84 valence electrons. The average Bonchev–Trinajstić information content (AvgIpc) is 2.55. The molecule has 1 aliphatic rings. The van der Waals surface area contributed by atoms with Crippen LogP contribution in [0.1, 0.15) is 17.2 Å². The molecule has 0 bridgehead atoms. The second-order valence-electron chi connectivity index (χ2n) is 3.65. The van der Waals surface area contributed by atoms with Crippen LogP contribution in [-0.4, -0.2) is 19.1 Å². The van der Waals surface area contributed by atoms with Crippen LogP contribution in [0.4, 0.5) is 10.5 Å². The molecule has 0 aliphatic carbocycles. The zero-order valence-corrected chi connectivity index (χ0v) is 9.03. The number of alkyl carbamates (subject to hydrolysis) is 1. The molecule has 0 saturated carbocycles. The molecule has 1 aromatic rings. The van der Waals surface area contributed by atoms with Gasteiger partial charge in [0.05, 0.1) is 7.11 Å². The number of ether oxygens (including phenoxy) is 1. The predicted molar refractivity (Wildman–Crippen MR) is 58.1 cm³/mol. The first-order chi connectivity index (χ1) is 7.61. The van der Waals surface area contributed by atoms with E-state index >= 15 is 0 Å². The third-order valence-corrected chi connectivity index (χ3v) is 2.49. The standard InChI is InChI=1S/C11H12N2O3/c1-6-3-4-8-7(5-6)9(10(14)12-8)13-11(15)16-2/h3-5,9H,1-2H3,(H,12,14)(H,13,15). The highest BCUT2D eigenvalue weighted by Gasteiger charge is 2.31. The van der Waals surface area contributed by atoms with E-state index in [1.165, 1.54) is 7.11 Å². The summed E-state index contributed by atoms with van der Waals surface area (Å²) in [6.45, 7) is 1.93. The van der Waals surface area contributed by atoms with Crippen molar-refractivity contribution in [3.05, 3.63) is 29.3 Å². The van der Waals surface area contributed by atoms with Gasteiger partial charge in [-0.3, -0.25) is 4.79 Å². The molecule has 0 aromatic heterocycles. The van der Waals surface area contributed by atoms with Crippen LogP contribution in [0.25, 0.3) is 0 Å². The first-order valence-corrected chi connectivity index (χ1v) is 4.87. The van der Waals surface area contributed by atoms with Crippen LogP contribution < -0.4 is 10.6 Å². The van der Waals surface area contributed by atoms with E-state index in [4.69, 9.17) is 0 Å². The van der Waals surface area contributed by atoms with Crippen molar-refractivity contribution in [3.8, 4) is 0 Å². The Hall–Kier alpha value is -2.04. The van der Waals surface area contributed by atoms with Crippen LogP contribution in [0.2, 0.25) is 0 Å². The van der Waals surface area contributed by atoms with Gasteiger partial charge in [0.25, 0.3) is 5.91 Å². The van der Waals surface area contributed by atoms with Crippen molar-refractivity contribution in [2.75, 3.05) is 12.4 Å². The summed E-state index contributed by atoms with van der Waals surface area (Å²) in [4.78, 5) is 22.7. The molecule has 16 heavy (non-hydrogen) atoms. The Kier molecular flexibility index (Phi) is 2.52. The predicted octanol–water partition coefficient (Wildman–Crippen LogP) is 1.34. The van der Waals surface area contributed by atoms with Crippen molar-refractivity contribution >= 4 is 17.7 Å². The van der Waals surface area contributed by atoms with E-state index in [9.17, 15) is 9.59 Å². The highest BCUT2D eigenvalue weighted by Crippen LogP contribution is 2.31. The highest BCUT2D eigenvalue weighted by molar-refractivity contribution is 6.03. The van der Waals surface area contributed by atoms with E-state index in [2.05, 4.69) is 15.4 Å². The monoisotopic (exact) mass is 220 g/mol. The Bertz CT molecular complexity index is 457. The summed E-state index contributed by atoms with van der Waals surface area (Å²) in [5, 5.41) is 5.18. The zero-order valence-electron chi connectivity index (χ0n) is 9.03. The summed E-state index contributed by atoms with van der Waals surface area (Å²) in [5.41, 5.74) is 2.54. The second kappa shape index (κ2) is 3.84. The number of benzene rings is 1. The van der Waals surface area contributed by atoms with E-state index in [1.54, 1.807) is 0 Å². The maximum Gasteiger partial charge on any atom is 0.407 e. The van der Waals surface area contributed by atoms with Gasteiger partial charge < -0.3 is 15.4 Å². The van der Waals surface area contributed by atoms with Gasteiger partial charge in [-0.2, -0.15) is 0 Å². The Balaban J connectivity index is 2.31. The summed E-state index contributed by atoms with van der Waals surface area (Å²) < 4.78 is 4.48. The minimum atomic E-state index is -0.664. The normalized spacial score (nSPS) is 17.6. The van der Waals surface area contributed by atoms with E-state index in [-0.39, 0.29) is 5.91 Å². The molecule has 1 aliphatic heterocycles. The second-order valence-corrected chi connectivity index (χ2v) is 3.65. The number of amides is 2. The van der Waals surface area contributed by atoms with Gasteiger partial charge in [0.2, 0.25) is 0 Å². The van der Waals surface area contributed by atoms with Gasteiger partial charge in [0, 0.05) is 11.3 Å². The molecule has 0 spiro atoms. The van der Waals surface area contributed by atoms with Crippen LogP contribution >= 0.6 is 0 Å². The molecular formula is C11H12N2O3. The molecule has 1 atom stereocenters. The highest BCUT2D eigenvalue weighted by atomic mass is 16.5. The topological polar surface area (TPSA) is 67.4 Å². The summed E-state index contributed by atoms with van der Waals surface area (Å²) in [6.07, 6.45) is -0.616. The fourth-order valence-electron chi connectivity index (χ4n) is 1.70. The minimum absolute atomic E-state index is 0.244. The van der Waals surface area contributed by atoms with Crippen molar-refractivity contribution < 1.29 is 14.3 Å². The van der Waals surface area contributed by atoms with E-state index in [1.807, 2.05) is 25.1 Å². The summed E-state index contributed by atoms with van der Waals surface area (Å²) >= 11 is 0. The molecule has 0 fully saturated rings. The average molecular weight is 220 g/mol. The first kappa shape index (κ1) is 10.5. The number of anilines is 1. The number of hydrogen-bond acceptors (Lipinski definition) is 3. The number of nitrogens with one attached hydrogen (secondary N) is 2. The van der Waals surface area contributed by atoms with Gasteiger partial charge in [0.1, 0.15) is 6.04 Å². The number of carbonyl (C=O) groups is 2. The van der Waals surface area contributed by atoms with Gasteiger partial charge in [-0.1, -0.05) is 17.7 Å². The van der Waals surface area contributed by atoms with Gasteiger partial charge >= 0.3 is 6.09 Å². The van der Waals surface area contributed by atoms with E-state index in [0.717, 1.165) is 16.8 Å². The largest absolute Gasteiger partial charge is 0.453 e. The maximum atomic E-state index is 11.6. The lowest BCUT2D eigenvalue weighted by Crippen LogP contribution is -2.32. The van der Waals surface area contributed by atoms with E-state index in [0.29, 0.717) is 0 Å². The number of hydrogen-bond donors (Lipinski definition) is 2. The number of aryl methyl sites for hydroxylation is 1. The SMILES string of the molecule is COC(=O)NC1C(=O)Nc2ccc(C)cc21. The fraction of sp³-hybridized carbons (Fsp3) is 0.273. The first-order valence-electron chi connectivity index (χ1n) is 4.87. The Morgan fingerprint density at radius 2 is 2.25 bits per heavy atom. The Labute approximate surface area is 92.8 Å². The number of fused-ring (bicyclic) bond motifs is 1. The summed E-state index contributed by atoms with van der Waals surface area (Å²) in [6, 6.07) is 4.93. The van der Waals surface area contributed by atoms with E-state index < -0.39 is 12.1 Å². The van der Waals surface area contributed by atoms with Crippen molar-refractivity contribution in [1.29, 1.82) is 0 Å². The number of methoxy groups -OCH3 is 1. The fourth-order valence-corrected chi connectivity index (χ4v) is 1.70. The van der Waals surface area contributed by atoms with Crippen molar-refractivity contribution in [3.63, 3.8) is 0 Å². The lowest BCUT2D eigenvalue weighted by atomic mass is 10.1. The van der Waals surface area contributed by atoms with Crippen molar-refractivity contribution in [2.45, 2.75) is 13.0 Å². The lowest BCUT2D eigenvalue weighted by molar-refractivity contribution is -0.117. The van der Waals surface area contributed by atoms with Gasteiger partial charge in [-0.25, -0.2) is 4.79 Å². The smallest absolute Gasteiger partial charge is 0.407 e. The molecule has 1 unspecified atom stereocenters. The van der Waals surface area contributed by atoms with Crippen LogP contribution in [0, 0.1) is 6.92 Å². The number of carbonyl (C=O) groups excluding carboxylic acids is 2. The molecular weight excluding hydrogens is 208 g/mol.